The molecule has 1 aliphatic rings. The number of carbonyl (C=O) groups is 3. The fourth-order valence-electron chi connectivity index (χ4n) is 5.44. The Kier molecular flexibility index (Phi) is 7.80. The van der Waals surface area contributed by atoms with Crippen LogP contribution in [0.3, 0.4) is 0 Å². The molecule has 1 unspecified atom stereocenters. The van der Waals surface area contributed by atoms with Crippen LogP contribution in [0.4, 0.5) is 18.9 Å². The van der Waals surface area contributed by atoms with E-state index in [1.165, 1.54) is 18.3 Å². The van der Waals surface area contributed by atoms with Gasteiger partial charge in [0.05, 0.1) is 23.2 Å². The Morgan fingerprint density at radius 2 is 1.76 bits per heavy atom. The van der Waals surface area contributed by atoms with Gasteiger partial charge in [0, 0.05) is 29.9 Å². The lowest BCUT2D eigenvalue weighted by molar-refractivity contribution is -0.125. The monoisotopic (exact) mass is 572 g/mol. The second-order valence-corrected chi connectivity index (χ2v) is 10.4. The van der Waals surface area contributed by atoms with E-state index >= 15 is 0 Å². The van der Waals surface area contributed by atoms with Crippen LogP contribution in [0, 0.1) is 31.3 Å². The SMILES string of the molecule is Cc1cc(C)c2c(c1)[C@H](CC(=O)NC(Cc1cc(F)cc(F)c1)c1ncccc1-c1ccc(F)c(C(N)=O)c1)C(=O)N2. The van der Waals surface area contributed by atoms with Crippen LogP contribution >= 0.6 is 0 Å². The maximum absolute atomic E-state index is 14.2. The minimum atomic E-state index is -0.958. The lowest BCUT2D eigenvalue weighted by atomic mass is 9.92. The number of hydrogen-bond donors (Lipinski definition) is 3. The number of anilines is 1. The first kappa shape index (κ1) is 28.5. The van der Waals surface area contributed by atoms with Gasteiger partial charge in [0.1, 0.15) is 17.5 Å². The highest BCUT2D eigenvalue weighted by molar-refractivity contribution is 6.05. The highest BCUT2D eigenvalue weighted by Gasteiger charge is 2.34. The van der Waals surface area contributed by atoms with Crippen LogP contribution in [-0.4, -0.2) is 22.7 Å². The van der Waals surface area contributed by atoms with Gasteiger partial charge in [-0.1, -0.05) is 29.8 Å². The Morgan fingerprint density at radius 3 is 2.48 bits per heavy atom. The number of halogens is 3. The van der Waals surface area contributed by atoms with E-state index in [1.807, 2.05) is 26.0 Å². The summed E-state index contributed by atoms with van der Waals surface area (Å²) >= 11 is 0. The van der Waals surface area contributed by atoms with Crippen LogP contribution in [0.1, 0.15) is 56.7 Å². The lowest BCUT2D eigenvalue weighted by Gasteiger charge is -2.22. The summed E-state index contributed by atoms with van der Waals surface area (Å²) in [6.07, 6.45) is 1.25. The average Bonchev–Trinajstić information content (AvgIpc) is 3.23. The Morgan fingerprint density at radius 1 is 1.02 bits per heavy atom. The number of carbonyl (C=O) groups excluding carboxylic acids is 3. The molecule has 0 saturated heterocycles. The summed E-state index contributed by atoms with van der Waals surface area (Å²) in [5.41, 5.74) is 9.66. The van der Waals surface area contributed by atoms with Crippen LogP contribution in [0.15, 0.2) is 66.9 Å². The molecule has 0 radical (unpaired) electrons. The minimum absolute atomic E-state index is 0.0556. The number of nitrogens with zero attached hydrogens (tertiary/aromatic N) is 1. The third kappa shape index (κ3) is 5.88. The van der Waals surface area contributed by atoms with Gasteiger partial charge in [-0.2, -0.15) is 0 Å². The molecule has 1 aromatic heterocycles. The van der Waals surface area contributed by atoms with Gasteiger partial charge < -0.3 is 16.4 Å². The van der Waals surface area contributed by atoms with Gasteiger partial charge in [0.25, 0.3) is 5.91 Å². The van der Waals surface area contributed by atoms with Crippen LogP contribution in [0.5, 0.6) is 0 Å². The van der Waals surface area contributed by atoms with Crippen LogP contribution in [0.2, 0.25) is 0 Å². The minimum Gasteiger partial charge on any atom is -0.366 e. The molecular formula is C32H27F3N4O3. The zero-order chi connectivity index (χ0) is 30.1. The third-order valence-corrected chi connectivity index (χ3v) is 7.25. The van der Waals surface area contributed by atoms with Gasteiger partial charge in [0.2, 0.25) is 11.8 Å². The Labute approximate surface area is 240 Å². The first-order valence-electron chi connectivity index (χ1n) is 13.2. The zero-order valence-electron chi connectivity index (χ0n) is 22.8. The lowest BCUT2D eigenvalue weighted by Crippen LogP contribution is -2.33. The van der Waals surface area contributed by atoms with Gasteiger partial charge in [-0.25, -0.2) is 13.2 Å². The molecule has 2 atom stereocenters. The van der Waals surface area contributed by atoms with Gasteiger partial charge in [0.15, 0.2) is 0 Å². The van der Waals surface area contributed by atoms with E-state index in [0.717, 1.165) is 41.0 Å². The van der Waals surface area contributed by atoms with Gasteiger partial charge in [-0.3, -0.25) is 19.4 Å². The molecule has 0 spiro atoms. The molecule has 0 aliphatic carbocycles. The molecular weight excluding hydrogens is 545 g/mol. The highest BCUT2D eigenvalue weighted by Crippen LogP contribution is 2.38. The summed E-state index contributed by atoms with van der Waals surface area (Å²) in [4.78, 5) is 42.6. The third-order valence-electron chi connectivity index (χ3n) is 7.25. The molecule has 42 heavy (non-hydrogen) atoms. The fraction of sp³-hybridized carbons (Fsp3) is 0.188. The average molecular weight is 573 g/mol. The summed E-state index contributed by atoms with van der Waals surface area (Å²) in [5, 5.41) is 5.75. The number of hydrogen-bond acceptors (Lipinski definition) is 4. The number of benzene rings is 3. The van der Waals surface area contributed by atoms with Crippen LogP contribution in [0.25, 0.3) is 11.1 Å². The van der Waals surface area contributed by atoms with Crippen LogP contribution in [-0.2, 0) is 16.0 Å². The second kappa shape index (κ2) is 11.5. The van der Waals surface area contributed by atoms with Gasteiger partial charge in [-0.15, -0.1) is 0 Å². The number of pyridine rings is 1. The van der Waals surface area contributed by atoms with Crippen molar-refractivity contribution in [2.24, 2.45) is 5.73 Å². The summed E-state index contributed by atoms with van der Waals surface area (Å²) in [6, 6.07) is 13.0. The maximum atomic E-state index is 14.2. The Bertz CT molecular complexity index is 1720. The topological polar surface area (TPSA) is 114 Å². The van der Waals surface area contributed by atoms with E-state index in [1.54, 1.807) is 12.1 Å². The van der Waals surface area contributed by atoms with Crippen molar-refractivity contribution in [3.63, 3.8) is 0 Å². The first-order valence-corrected chi connectivity index (χ1v) is 13.2. The number of nitrogens with one attached hydrogen (secondary N) is 2. The first-order chi connectivity index (χ1) is 20.0. The molecule has 7 nitrogen and oxygen atoms in total. The molecule has 0 fully saturated rings. The molecule has 1 aliphatic heterocycles. The number of aryl methyl sites for hydroxylation is 2. The van der Waals surface area contributed by atoms with Gasteiger partial charge >= 0.3 is 0 Å². The van der Waals surface area contributed by atoms with Crippen molar-refractivity contribution in [3.05, 3.63) is 118 Å². The summed E-state index contributed by atoms with van der Waals surface area (Å²) in [7, 11) is 0. The smallest absolute Gasteiger partial charge is 0.251 e. The fourth-order valence-corrected chi connectivity index (χ4v) is 5.44. The van der Waals surface area contributed by atoms with E-state index in [0.29, 0.717) is 22.5 Å². The van der Waals surface area contributed by atoms with Crippen molar-refractivity contribution in [2.75, 3.05) is 5.32 Å². The molecule has 3 amide bonds. The van der Waals surface area contributed by atoms with Crippen LogP contribution < -0.4 is 16.4 Å². The zero-order valence-corrected chi connectivity index (χ0v) is 22.8. The molecule has 10 heteroatoms. The molecule has 5 rings (SSSR count). The second-order valence-electron chi connectivity index (χ2n) is 10.4. The van der Waals surface area contributed by atoms with E-state index in [2.05, 4.69) is 15.6 Å². The standard InChI is InChI=1S/C32H27F3N4O3/c1-16-8-17(2)29-23(9-16)24(32(42)39-29)15-28(40)38-27(12-18-10-20(33)14-21(34)11-18)30-22(4-3-7-37-30)19-5-6-26(35)25(13-19)31(36)41/h3-11,13-14,24,27H,12,15H2,1-2H3,(H2,36,41)(H,38,40)(H,39,42)/t24-,27?/m0/s1. The predicted molar refractivity (Wildman–Crippen MR) is 151 cm³/mol. The van der Waals surface area contributed by atoms with Crippen molar-refractivity contribution in [1.82, 2.24) is 10.3 Å². The Balaban J connectivity index is 1.52. The largest absolute Gasteiger partial charge is 0.366 e. The predicted octanol–water partition coefficient (Wildman–Crippen LogP) is 5.41. The molecule has 0 bridgehead atoms. The van der Waals surface area contributed by atoms with Crippen molar-refractivity contribution in [1.29, 1.82) is 0 Å². The van der Waals surface area contributed by atoms with Crippen molar-refractivity contribution in [3.8, 4) is 11.1 Å². The Hall–Kier alpha value is -4.99. The number of primary amides is 1. The summed E-state index contributed by atoms with van der Waals surface area (Å²) in [5.74, 6) is -4.85. The number of amides is 3. The molecule has 4 aromatic rings. The van der Waals surface area contributed by atoms with E-state index < -0.39 is 41.2 Å². The van der Waals surface area contributed by atoms with Gasteiger partial charge in [-0.05, 0) is 72.9 Å². The number of nitrogens with two attached hydrogens (primary N) is 1. The summed E-state index contributed by atoms with van der Waals surface area (Å²) in [6.45, 7) is 3.79. The quantitative estimate of drug-likeness (QED) is 0.262. The molecule has 0 saturated carbocycles. The maximum Gasteiger partial charge on any atom is 0.251 e. The van der Waals surface area contributed by atoms with E-state index in [4.69, 9.17) is 5.73 Å². The summed E-state index contributed by atoms with van der Waals surface area (Å²) < 4.78 is 42.4. The molecule has 214 valence electrons. The normalized spacial score (nSPS) is 14.7. The van der Waals surface area contributed by atoms with Crippen molar-refractivity contribution in [2.45, 2.75) is 38.6 Å². The number of rotatable bonds is 8. The number of fused-ring (bicyclic) bond motifs is 1. The highest BCUT2D eigenvalue weighted by atomic mass is 19.1. The molecule has 3 aromatic carbocycles. The molecule has 2 heterocycles. The van der Waals surface area contributed by atoms with Crippen molar-refractivity contribution < 1.29 is 27.6 Å². The van der Waals surface area contributed by atoms with E-state index in [9.17, 15) is 27.6 Å². The molecule has 4 N–H and O–H groups in total. The number of aromatic nitrogens is 1. The van der Waals surface area contributed by atoms with Crippen molar-refractivity contribution >= 4 is 23.4 Å². The van der Waals surface area contributed by atoms with E-state index in [-0.39, 0.29) is 29.9 Å².